The zero-order valence-electron chi connectivity index (χ0n) is 14.2. The quantitative estimate of drug-likeness (QED) is 0.809. The second-order valence-corrected chi connectivity index (χ2v) is 8.05. The molecule has 2 aliphatic carbocycles. The molecule has 1 aromatic carbocycles. The van der Waals surface area contributed by atoms with Gasteiger partial charge in [-0.3, -0.25) is 0 Å². The van der Waals surface area contributed by atoms with Gasteiger partial charge in [-0.2, -0.15) is 0 Å². The highest BCUT2D eigenvalue weighted by Crippen LogP contribution is 2.58. The average Bonchev–Trinajstić information content (AvgIpc) is 2.46. The molecular weight excluding hydrogens is 272 g/mol. The Morgan fingerprint density at radius 2 is 1.95 bits per heavy atom. The van der Waals surface area contributed by atoms with Crippen LogP contribution in [0.5, 0.6) is 5.75 Å². The predicted octanol–water partition coefficient (Wildman–Crippen LogP) is 4.34. The van der Waals surface area contributed by atoms with Gasteiger partial charge < -0.3 is 10.2 Å². The highest BCUT2D eigenvalue weighted by atomic mass is 16.3. The van der Waals surface area contributed by atoms with Crippen LogP contribution < -0.4 is 0 Å². The van der Waals surface area contributed by atoms with E-state index in [0.29, 0.717) is 11.7 Å². The van der Waals surface area contributed by atoms with Gasteiger partial charge in [0.05, 0.1) is 6.10 Å². The van der Waals surface area contributed by atoms with Gasteiger partial charge in [0.15, 0.2) is 0 Å². The summed E-state index contributed by atoms with van der Waals surface area (Å²) in [5.74, 6) is 0.815. The molecule has 3 rings (SSSR count). The highest BCUT2D eigenvalue weighted by molar-refractivity contribution is 5.64. The van der Waals surface area contributed by atoms with Gasteiger partial charge in [-0.05, 0) is 77.7 Å². The summed E-state index contributed by atoms with van der Waals surface area (Å²) in [6, 6.07) is 1.98. The van der Waals surface area contributed by atoms with Crippen molar-refractivity contribution in [3.05, 3.63) is 34.9 Å². The standard InChI is InChI=1S/C20H28O2/c1-6-13-12(2)16(21)11-15-14(13)7-8-17-19(3,4)18(22)9-10-20(15,17)5/h6,11,17-18,21-22H,1,7-10H2,2-5H3/t17-,18+,20-/m0/s1. The molecule has 1 aromatic rings. The number of aliphatic hydroxyl groups is 1. The van der Waals surface area contributed by atoms with Gasteiger partial charge >= 0.3 is 0 Å². The molecule has 2 aliphatic rings. The van der Waals surface area contributed by atoms with Crippen molar-refractivity contribution in [3.63, 3.8) is 0 Å². The van der Waals surface area contributed by atoms with Crippen molar-refractivity contribution < 1.29 is 10.2 Å². The molecule has 0 saturated heterocycles. The first-order chi connectivity index (χ1) is 10.2. The van der Waals surface area contributed by atoms with E-state index in [1.54, 1.807) is 0 Å². The molecule has 0 bridgehead atoms. The van der Waals surface area contributed by atoms with Crippen LogP contribution in [0, 0.1) is 18.3 Å². The highest BCUT2D eigenvalue weighted by Gasteiger charge is 2.53. The Balaban J connectivity index is 2.22. The van der Waals surface area contributed by atoms with Crippen molar-refractivity contribution >= 4 is 6.08 Å². The van der Waals surface area contributed by atoms with E-state index in [0.717, 1.165) is 36.8 Å². The minimum Gasteiger partial charge on any atom is -0.508 e. The van der Waals surface area contributed by atoms with Gasteiger partial charge in [0.2, 0.25) is 0 Å². The Morgan fingerprint density at radius 1 is 1.27 bits per heavy atom. The summed E-state index contributed by atoms with van der Waals surface area (Å²) in [4.78, 5) is 0. The van der Waals surface area contributed by atoms with Crippen LogP contribution in [0.2, 0.25) is 0 Å². The minimum absolute atomic E-state index is 0.0270. The molecule has 2 nitrogen and oxygen atoms in total. The third-order valence-electron chi connectivity index (χ3n) is 6.69. The molecule has 0 aromatic heterocycles. The largest absolute Gasteiger partial charge is 0.508 e. The topological polar surface area (TPSA) is 40.5 Å². The first kappa shape index (κ1) is 15.6. The Kier molecular flexibility index (Phi) is 3.45. The summed E-state index contributed by atoms with van der Waals surface area (Å²) < 4.78 is 0. The van der Waals surface area contributed by atoms with Gasteiger partial charge in [-0.15, -0.1) is 0 Å². The van der Waals surface area contributed by atoms with Crippen LogP contribution in [0.15, 0.2) is 12.6 Å². The zero-order valence-corrected chi connectivity index (χ0v) is 14.2. The maximum absolute atomic E-state index is 10.5. The lowest BCUT2D eigenvalue weighted by atomic mass is 9.49. The fourth-order valence-corrected chi connectivity index (χ4v) is 5.23. The fraction of sp³-hybridized carbons (Fsp3) is 0.600. The first-order valence-electron chi connectivity index (χ1n) is 8.40. The van der Waals surface area contributed by atoms with Crippen molar-refractivity contribution in [1.29, 1.82) is 0 Å². The number of aromatic hydroxyl groups is 1. The third-order valence-corrected chi connectivity index (χ3v) is 6.69. The molecule has 2 N–H and O–H groups in total. The molecule has 1 fully saturated rings. The van der Waals surface area contributed by atoms with Crippen LogP contribution in [0.25, 0.3) is 6.08 Å². The molecular formula is C20H28O2. The average molecular weight is 300 g/mol. The third kappa shape index (κ3) is 1.89. The fourth-order valence-electron chi connectivity index (χ4n) is 5.23. The molecule has 22 heavy (non-hydrogen) atoms. The van der Waals surface area contributed by atoms with Crippen LogP contribution in [-0.2, 0) is 11.8 Å². The van der Waals surface area contributed by atoms with E-state index in [1.807, 2.05) is 19.1 Å². The Hall–Kier alpha value is -1.28. The van der Waals surface area contributed by atoms with Crippen molar-refractivity contribution in [2.45, 2.75) is 64.9 Å². The summed E-state index contributed by atoms with van der Waals surface area (Å²) in [6.45, 7) is 12.7. The van der Waals surface area contributed by atoms with Crippen LogP contribution in [0.3, 0.4) is 0 Å². The van der Waals surface area contributed by atoms with Gasteiger partial charge in [0.25, 0.3) is 0 Å². The minimum atomic E-state index is -0.231. The SMILES string of the molecule is C=Cc1c(C)c(O)cc2c1CC[C@H]1C(C)(C)[C@H](O)CC[C@@]21C. The normalized spacial score (nSPS) is 33.0. The number of aliphatic hydroxyl groups excluding tert-OH is 1. The smallest absolute Gasteiger partial charge is 0.119 e. The van der Waals surface area contributed by atoms with Crippen molar-refractivity contribution in [2.24, 2.45) is 11.3 Å². The summed E-state index contributed by atoms with van der Waals surface area (Å²) in [5, 5.41) is 20.8. The number of fused-ring (bicyclic) bond motifs is 3. The second-order valence-electron chi connectivity index (χ2n) is 8.05. The van der Waals surface area contributed by atoms with E-state index in [2.05, 4.69) is 27.4 Å². The molecule has 2 heteroatoms. The lowest BCUT2D eigenvalue weighted by Crippen LogP contribution is -2.53. The van der Waals surface area contributed by atoms with E-state index in [1.165, 1.54) is 11.1 Å². The van der Waals surface area contributed by atoms with E-state index in [9.17, 15) is 10.2 Å². The molecule has 1 saturated carbocycles. The predicted molar refractivity (Wildman–Crippen MR) is 91.1 cm³/mol. The van der Waals surface area contributed by atoms with Crippen molar-refractivity contribution in [3.8, 4) is 5.75 Å². The van der Waals surface area contributed by atoms with Gasteiger partial charge in [0, 0.05) is 0 Å². The van der Waals surface area contributed by atoms with Gasteiger partial charge in [-0.25, -0.2) is 0 Å². The van der Waals surface area contributed by atoms with Crippen molar-refractivity contribution in [1.82, 2.24) is 0 Å². The second kappa shape index (κ2) is 4.86. The summed E-state index contributed by atoms with van der Waals surface area (Å²) in [7, 11) is 0. The number of rotatable bonds is 1. The molecule has 0 spiro atoms. The molecule has 0 radical (unpaired) electrons. The van der Waals surface area contributed by atoms with E-state index in [-0.39, 0.29) is 16.9 Å². The first-order valence-corrected chi connectivity index (χ1v) is 8.40. The summed E-state index contributed by atoms with van der Waals surface area (Å²) in [5.41, 5.74) is 4.63. The summed E-state index contributed by atoms with van der Waals surface area (Å²) in [6.07, 6.45) is 5.57. The number of hydrogen-bond donors (Lipinski definition) is 2. The van der Waals surface area contributed by atoms with Gasteiger partial charge in [-0.1, -0.05) is 33.4 Å². The molecule has 0 amide bonds. The summed E-state index contributed by atoms with van der Waals surface area (Å²) >= 11 is 0. The van der Waals surface area contributed by atoms with Gasteiger partial charge in [0.1, 0.15) is 5.75 Å². The zero-order chi connectivity index (χ0) is 16.3. The molecule has 3 atom stereocenters. The monoisotopic (exact) mass is 300 g/mol. The molecule has 0 unspecified atom stereocenters. The maximum atomic E-state index is 10.5. The van der Waals surface area contributed by atoms with Crippen LogP contribution in [-0.4, -0.2) is 16.3 Å². The number of hydrogen-bond acceptors (Lipinski definition) is 2. The Labute approximate surface area is 133 Å². The Bertz CT molecular complexity index is 629. The van der Waals surface area contributed by atoms with Crippen LogP contribution in [0.1, 0.15) is 62.3 Å². The lowest BCUT2D eigenvalue weighted by Gasteiger charge is -2.56. The van der Waals surface area contributed by atoms with E-state index in [4.69, 9.17) is 0 Å². The van der Waals surface area contributed by atoms with Crippen molar-refractivity contribution in [2.75, 3.05) is 0 Å². The number of phenols is 1. The number of benzene rings is 1. The molecule has 0 heterocycles. The Morgan fingerprint density at radius 3 is 2.59 bits per heavy atom. The van der Waals surface area contributed by atoms with E-state index < -0.39 is 0 Å². The molecule has 0 aliphatic heterocycles. The molecule has 120 valence electrons. The van der Waals surface area contributed by atoms with Crippen LogP contribution >= 0.6 is 0 Å². The van der Waals surface area contributed by atoms with Crippen LogP contribution in [0.4, 0.5) is 0 Å². The van der Waals surface area contributed by atoms with E-state index >= 15 is 0 Å². The lowest BCUT2D eigenvalue weighted by molar-refractivity contribution is -0.0731. The maximum Gasteiger partial charge on any atom is 0.119 e. The number of phenolic OH excluding ortho intramolecular Hbond substituents is 1.